The fourth-order valence-electron chi connectivity index (χ4n) is 1.79. The Kier molecular flexibility index (Phi) is 5.05. The molecule has 1 amide bonds. The predicted octanol–water partition coefficient (Wildman–Crippen LogP) is 2.38. The second-order valence-corrected chi connectivity index (χ2v) is 6.62. The number of benzene rings is 2. The second kappa shape index (κ2) is 6.85. The molecule has 0 aromatic heterocycles. The van der Waals surface area contributed by atoms with Crippen LogP contribution in [-0.2, 0) is 10.0 Å². The van der Waals surface area contributed by atoms with E-state index in [1.54, 1.807) is 0 Å². The Morgan fingerprint density at radius 2 is 1.83 bits per heavy atom. The first-order valence-electron chi connectivity index (χ1n) is 6.40. The normalized spacial score (nSPS) is 10.9. The smallest absolute Gasteiger partial charge is 0.270 e. The number of hydrogen-bond donors (Lipinski definition) is 1. The molecule has 10 heteroatoms. The Bertz CT molecular complexity index is 896. The second-order valence-electron chi connectivity index (χ2n) is 4.53. The Labute approximate surface area is 142 Å². The molecule has 0 unspecified atom stereocenters. The molecule has 8 nitrogen and oxygen atoms in total. The molecular weight excluding hydrogens is 360 g/mol. The molecule has 126 valence electrons. The number of carbonyl (C=O) groups is 1. The van der Waals surface area contributed by atoms with Gasteiger partial charge in [-0.05, 0) is 30.3 Å². The third-order valence-electron chi connectivity index (χ3n) is 3.00. The Hall–Kier alpha value is -2.65. The van der Waals surface area contributed by atoms with Gasteiger partial charge in [0, 0.05) is 12.1 Å². The number of nitro groups is 1. The number of halogens is 1. The molecule has 0 fully saturated rings. The van der Waals surface area contributed by atoms with E-state index < -0.39 is 20.9 Å². The van der Waals surface area contributed by atoms with Crippen LogP contribution < -0.4 is 9.46 Å². The van der Waals surface area contributed by atoms with Gasteiger partial charge >= 0.3 is 0 Å². The summed E-state index contributed by atoms with van der Waals surface area (Å²) >= 11 is 5.81. The van der Waals surface area contributed by atoms with Gasteiger partial charge in [0.25, 0.3) is 21.6 Å². The first-order valence-corrected chi connectivity index (χ1v) is 8.26. The standard InChI is InChI=1S/C14H11ClN2O6S/c1-23-10-3-5-11(6-4-10)24(21,22)16-14(18)12-7-2-9(17(19)20)8-13(12)15/h2-8H,1H3,(H,16,18). The van der Waals surface area contributed by atoms with Gasteiger partial charge in [0.1, 0.15) is 5.75 Å². The number of ether oxygens (including phenoxy) is 1. The van der Waals surface area contributed by atoms with Gasteiger partial charge < -0.3 is 4.74 Å². The van der Waals surface area contributed by atoms with Gasteiger partial charge in [0.15, 0.2) is 0 Å². The topological polar surface area (TPSA) is 116 Å². The number of carbonyl (C=O) groups excluding carboxylic acids is 1. The van der Waals surface area contributed by atoms with E-state index in [4.69, 9.17) is 16.3 Å². The summed E-state index contributed by atoms with van der Waals surface area (Å²) in [6.07, 6.45) is 0. The van der Waals surface area contributed by atoms with E-state index in [-0.39, 0.29) is 21.2 Å². The maximum absolute atomic E-state index is 12.2. The number of nitrogens with zero attached hydrogens (tertiary/aromatic N) is 1. The number of methoxy groups -OCH3 is 1. The molecule has 0 aliphatic rings. The van der Waals surface area contributed by atoms with Crippen LogP contribution in [0, 0.1) is 10.1 Å². The van der Waals surface area contributed by atoms with Crippen molar-refractivity contribution in [2.45, 2.75) is 4.90 Å². The number of hydrogen-bond acceptors (Lipinski definition) is 6. The molecule has 0 saturated heterocycles. The fraction of sp³-hybridized carbons (Fsp3) is 0.0714. The molecule has 2 aromatic carbocycles. The van der Waals surface area contributed by atoms with Crippen LogP contribution in [0.1, 0.15) is 10.4 Å². The first-order chi connectivity index (χ1) is 11.2. The zero-order valence-corrected chi connectivity index (χ0v) is 13.8. The SMILES string of the molecule is COc1ccc(S(=O)(=O)NC(=O)c2ccc([N+](=O)[O-])cc2Cl)cc1. The van der Waals surface area contributed by atoms with Crippen molar-refractivity contribution in [2.24, 2.45) is 0 Å². The van der Waals surface area contributed by atoms with E-state index in [1.165, 1.54) is 31.4 Å². The van der Waals surface area contributed by atoms with Gasteiger partial charge in [-0.2, -0.15) is 0 Å². The van der Waals surface area contributed by atoms with Crippen LogP contribution in [0.25, 0.3) is 0 Å². The molecule has 0 aliphatic carbocycles. The van der Waals surface area contributed by atoms with Gasteiger partial charge in [0.05, 0.1) is 27.5 Å². The Morgan fingerprint density at radius 1 is 1.21 bits per heavy atom. The van der Waals surface area contributed by atoms with Crippen molar-refractivity contribution in [2.75, 3.05) is 7.11 Å². The largest absolute Gasteiger partial charge is 0.497 e. The predicted molar refractivity (Wildman–Crippen MR) is 85.8 cm³/mol. The van der Waals surface area contributed by atoms with Crippen molar-refractivity contribution < 1.29 is 22.9 Å². The molecule has 0 bridgehead atoms. The number of nitro benzene ring substituents is 1. The molecule has 0 saturated carbocycles. The van der Waals surface area contributed by atoms with Gasteiger partial charge in [-0.1, -0.05) is 11.6 Å². The molecule has 2 aromatic rings. The highest BCUT2D eigenvalue weighted by Gasteiger charge is 2.21. The number of nitrogens with one attached hydrogen (secondary N) is 1. The molecule has 2 rings (SSSR count). The third kappa shape index (κ3) is 3.81. The first kappa shape index (κ1) is 17.7. The number of sulfonamides is 1. The monoisotopic (exact) mass is 370 g/mol. The summed E-state index contributed by atoms with van der Waals surface area (Å²) in [4.78, 5) is 21.9. The van der Waals surface area contributed by atoms with Crippen molar-refractivity contribution in [1.29, 1.82) is 0 Å². The van der Waals surface area contributed by atoms with Crippen LogP contribution in [0.15, 0.2) is 47.4 Å². The van der Waals surface area contributed by atoms with E-state index >= 15 is 0 Å². The van der Waals surface area contributed by atoms with Crippen LogP contribution in [0.5, 0.6) is 5.75 Å². The highest BCUT2D eigenvalue weighted by molar-refractivity contribution is 7.90. The van der Waals surface area contributed by atoms with Crippen molar-refractivity contribution >= 4 is 33.2 Å². The molecule has 0 heterocycles. The van der Waals surface area contributed by atoms with Gasteiger partial charge in [-0.3, -0.25) is 14.9 Å². The van der Waals surface area contributed by atoms with Crippen molar-refractivity contribution in [1.82, 2.24) is 4.72 Å². The van der Waals surface area contributed by atoms with Crippen LogP contribution >= 0.6 is 11.6 Å². The minimum atomic E-state index is -4.12. The lowest BCUT2D eigenvalue weighted by atomic mass is 10.2. The van der Waals surface area contributed by atoms with Gasteiger partial charge in [0.2, 0.25) is 0 Å². The summed E-state index contributed by atoms with van der Waals surface area (Å²) < 4.78 is 31.1. The van der Waals surface area contributed by atoms with E-state index in [1.807, 2.05) is 4.72 Å². The molecule has 0 radical (unpaired) electrons. The fourth-order valence-corrected chi connectivity index (χ4v) is 3.02. The van der Waals surface area contributed by atoms with Gasteiger partial charge in [-0.15, -0.1) is 0 Å². The molecule has 0 atom stereocenters. The quantitative estimate of drug-likeness (QED) is 0.638. The van der Waals surface area contributed by atoms with Crippen LogP contribution in [0.4, 0.5) is 5.69 Å². The average Bonchev–Trinajstić information content (AvgIpc) is 2.54. The molecule has 0 aliphatic heterocycles. The summed E-state index contributed by atoms with van der Waals surface area (Å²) in [5, 5.41) is 10.4. The van der Waals surface area contributed by atoms with Crippen LogP contribution in [0.3, 0.4) is 0 Å². The van der Waals surface area contributed by atoms with E-state index in [2.05, 4.69) is 0 Å². The van der Waals surface area contributed by atoms with Crippen molar-refractivity contribution in [3.63, 3.8) is 0 Å². The van der Waals surface area contributed by atoms with Gasteiger partial charge in [-0.25, -0.2) is 13.1 Å². The number of amides is 1. The molecule has 1 N–H and O–H groups in total. The van der Waals surface area contributed by atoms with E-state index in [9.17, 15) is 23.3 Å². The maximum atomic E-state index is 12.2. The lowest BCUT2D eigenvalue weighted by molar-refractivity contribution is -0.384. The average molecular weight is 371 g/mol. The Morgan fingerprint density at radius 3 is 2.33 bits per heavy atom. The molecule has 24 heavy (non-hydrogen) atoms. The van der Waals surface area contributed by atoms with Crippen molar-refractivity contribution in [3.05, 3.63) is 63.2 Å². The zero-order chi connectivity index (χ0) is 17.9. The lowest BCUT2D eigenvalue weighted by Gasteiger charge is -2.08. The van der Waals surface area contributed by atoms with Crippen LogP contribution in [0.2, 0.25) is 5.02 Å². The summed E-state index contributed by atoms with van der Waals surface area (Å²) in [6.45, 7) is 0. The summed E-state index contributed by atoms with van der Waals surface area (Å²) in [5.41, 5.74) is -0.506. The number of rotatable bonds is 5. The van der Waals surface area contributed by atoms with Crippen molar-refractivity contribution in [3.8, 4) is 5.75 Å². The highest BCUT2D eigenvalue weighted by atomic mass is 35.5. The summed E-state index contributed by atoms with van der Waals surface area (Å²) in [7, 11) is -2.69. The summed E-state index contributed by atoms with van der Waals surface area (Å²) in [6, 6.07) is 8.50. The third-order valence-corrected chi connectivity index (χ3v) is 4.66. The zero-order valence-electron chi connectivity index (χ0n) is 12.2. The molecule has 0 spiro atoms. The van der Waals surface area contributed by atoms with E-state index in [0.717, 1.165) is 18.2 Å². The maximum Gasteiger partial charge on any atom is 0.270 e. The lowest BCUT2D eigenvalue weighted by Crippen LogP contribution is -2.30. The summed E-state index contributed by atoms with van der Waals surface area (Å²) in [5.74, 6) is -0.538. The Balaban J connectivity index is 2.26. The number of non-ortho nitro benzene ring substituents is 1. The highest BCUT2D eigenvalue weighted by Crippen LogP contribution is 2.23. The molecular formula is C14H11ClN2O6S. The minimum Gasteiger partial charge on any atom is -0.497 e. The minimum absolute atomic E-state index is 0.144. The van der Waals surface area contributed by atoms with E-state index in [0.29, 0.717) is 5.75 Å². The van der Waals surface area contributed by atoms with Crippen LogP contribution in [-0.4, -0.2) is 26.4 Å².